The van der Waals surface area contributed by atoms with Crippen LogP contribution < -0.4 is 0 Å². The first kappa shape index (κ1) is 17.5. The van der Waals surface area contributed by atoms with Gasteiger partial charge in [0, 0.05) is 0 Å². The van der Waals surface area contributed by atoms with Crippen LogP contribution >= 0.6 is 0 Å². The predicted molar refractivity (Wildman–Crippen MR) is 91.9 cm³/mol. The molecule has 2 atom stereocenters. The fourth-order valence-electron chi connectivity index (χ4n) is 3.29. The summed E-state index contributed by atoms with van der Waals surface area (Å²) in [6.45, 7) is 13.9. The van der Waals surface area contributed by atoms with E-state index < -0.39 is 0 Å². The van der Waals surface area contributed by atoms with Crippen molar-refractivity contribution in [2.75, 3.05) is 0 Å². The third kappa shape index (κ3) is 6.29. The highest BCUT2D eigenvalue weighted by Gasteiger charge is 2.23. The molecule has 2 unspecified atom stereocenters. The van der Waals surface area contributed by atoms with Gasteiger partial charge < -0.3 is 0 Å². The highest BCUT2D eigenvalue weighted by molar-refractivity contribution is 5.15. The van der Waals surface area contributed by atoms with Gasteiger partial charge in [-0.1, -0.05) is 56.9 Å². The molecule has 0 radical (unpaired) electrons. The van der Waals surface area contributed by atoms with E-state index in [9.17, 15) is 0 Å². The Kier molecular flexibility index (Phi) is 7.62. The summed E-state index contributed by atoms with van der Waals surface area (Å²) in [5.41, 5.74) is 2.93. The van der Waals surface area contributed by atoms with Crippen LogP contribution in [0, 0.1) is 23.7 Å². The molecule has 0 N–H and O–H groups in total. The van der Waals surface area contributed by atoms with Gasteiger partial charge in [0.2, 0.25) is 0 Å². The molecule has 0 aromatic rings. The average Bonchev–Trinajstić information content (AvgIpc) is 2.42. The van der Waals surface area contributed by atoms with E-state index in [1.54, 1.807) is 0 Å². The first-order valence-corrected chi connectivity index (χ1v) is 8.71. The Hall–Kier alpha value is -0.520. The number of hydrogen-bond acceptors (Lipinski definition) is 0. The molecule has 0 amide bonds. The lowest BCUT2D eigenvalue weighted by atomic mass is 9.75. The van der Waals surface area contributed by atoms with Gasteiger partial charge in [-0.2, -0.15) is 0 Å². The summed E-state index contributed by atoms with van der Waals surface area (Å²) in [5, 5.41) is 0. The van der Waals surface area contributed by atoms with E-state index in [0.29, 0.717) is 0 Å². The van der Waals surface area contributed by atoms with Crippen LogP contribution in [0.5, 0.6) is 0 Å². The first-order chi connectivity index (χ1) is 9.40. The molecule has 1 fully saturated rings. The van der Waals surface area contributed by atoms with E-state index in [1.807, 2.05) is 0 Å². The Balaban J connectivity index is 2.34. The standard InChI is InChI=1S/C20H36/c1-15(2)7-10-17(4)18(5)11-12-19(6)20-13-8-16(3)9-14-20/h7,10,16,18-20H,8-9,11-14H2,1-6H3/b17-10+. The van der Waals surface area contributed by atoms with Gasteiger partial charge in [0.05, 0.1) is 0 Å². The van der Waals surface area contributed by atoms with Crippen molar-refractivity contribution in [1.29, 1.82) is 0 Å². The predicted octanol–water partition coefficient (Wildman–Crippen LogP) is 6.78. The lowest BCUT2D eigenvalue weighted by molar-refractivity contribution is 0.209. The molecule has 1 rings (SSSR count). The highest BCUT2D eigenvalue weighted by atomic mass is 14.3. The smallest absolute Gasteiger partial charge is 0.0231 e. The molecule has 0 heterocycles. The van der Waals surface area contributed by atoms with Gasteiger partial charge >= 0.3 is 0 Å². The quantitative estimate of drug-likeness (QED) is 0.469. The molecule has 1 aliphatic rings. The lowest BCUT2D eigenvalue weighted by Gasteiger charge is -2.31. The van der Waals surface area contributed by atoms with Gasteiger partial charge in [-0.05, 0) is 70.1 Å². The van der Waals surface area contributed by atoms with Crippen molar-refractivity contribution in [2.24, 2.45) is 23.7 Å². The molecule has 0 spiro atoms. The molecular weight excluding hydrogens is 240 g/mol. The Morgan fingerprint density at radius 2 is 1.55 bits per heavy atom. The Bertz CT molecular complexity index is 322. The van der Waals surface area contributed by atoms with Crippen molar-refractivity contribution in [3.63, 3.8) is 0 Å². The Morgan fingerprint density at radius 3 is 2.10 bits per heavy atom. The van der Waals surface area contributed by atoms with Gasteiger partial charge in [-0.25, -0.2) is 0 Å². The van der Waals surface area contributed by atoms with E-state index in [-0.39, 0.29) is 0 Å². The summed E-state index contributed by atoms with van der Waals surface area (Å²) in [5.74, 6) is 3.63. The number of allylic oxidation sites excluding steroid dienone is 4. The van der Waals surface area contributed by atoms with Crippen LogP contribution in [0.15, 0.2) is 23.3 Å². The van der Waals surface area contributed by atoms with Crippen molar-refractivity contribution in [3.05, 3.63) is 23.3 Å². The van der Waals surface area contributed by atoms with Crippen LogP contribution in [0.1, 0.15) is 80.1 Å². The van der Waals surface area contributed by atoms with Crippen molar-refractivity contribution in [3.8, 4) is 0 Å². The molecule has 0 heteroatoms. The minimum absolute atomic E-state index is 0.732. The van der Waals surface area contributed by atoms with Crippen LogP contribution in [0.2, 0.25) is 0 Å². The second kappa shape index (κ2) is 8.70. The maximum absolute atomic E-state index is 2.49. The fourth-order valence-corrected chi connectivity index (χ4v) is 3.29. The highest BCUT2D eigenvalue weighted by Crippen LogP contribution is 2.35. The summed E-state index contributed by atoms with van der Waals surface area (Å²) in [6, 6.07) is 0. The zero-order chi connectivity index (χ0) is 15.1. The van der Waals surface area contributed by atoms with Gasteiger partial charge in [-0.15, -0.1) is 0 Å². The lowest BCUT2D eigenvalue weighted by Crippen LogP contribution is -2.19. The number of rotatable bonds is 6. The molecule has 0 bridgehead atoms. The van der Waals surface area contributed by atoms with Crippen LogP contribution in [0.4, 0.5) is 0 Å². The molecule has 116 valence electrons. The minimum Gasteiger partial charge on any atom is -0.0764 e. The monoisotopic (exact) mass is 276 g/mol. The third-order valence-corrected chi connectivity index (χ3v) is 5.38. The van der Waals surface area contributed by atoms with Gasteiger partial charge in [0.1, 0.15) is 0 Å². The summed E-state index contributed by atoms with van der Waals surface area (Å²) in [4.78, 5) is 0. The maximum Gasteiger partial charge on any atom is -0.0231 e. The normalized spacial score (nSPS) is 27.0. The van der Waals surface area contributed by atoms with Crippen LogP contribution in [-0.2, 0) is 0 Å². The van der Waals surface area contributed by atoms with Crippen molar-refractivity contribution < 1.29 is 0 Å². The largest absolute Gasteiger partial charge is 0.0764 e. The van der Waals surface area contributed by atoms with E-state index in [2.05, 4.69) is 53.7 Å². The second-order valence-corrected chi connectivity index (χ2v) is 7.63. The second-order valence-electron chi connectivity index (χ2n) is 7.63. The molecule has 0 aromatic heterocycles. The van der Waals surface area contributed by atoms with Crippen molar-refractivity contribution in [1.82, 2.24) is 0 Å². The molecule has 0 saturated heterocycles. The summed E-state index contributed by atoms with van der Waals surface area (Å²) < 4.78 is 0. The van der Waals surface area contributed by atoms with Crippen LogP contribution in [0.25, 0.3) is 0 Å². The van der Waals surface area contributed by atoms with Gasteiger partial charge in [0.15, 0.2) is 0 Å². The van der Waals surface area contributed by atoms with Gasteiger partial charge in [-0.3, -0.25) is 0 Å². The van der Waals surface area contributed by atoms with E-state index in [0.717, 1.165) is 23.7 Å². The Morgan fingerprint density at radius 1 is 0.950 bits per heavy atom. The third-order valence-electron chi connectivity index (χ3n) is 5.38. The number of hydrogen-bond donors (Lipinski definition) is 0. The Labute approximate surface area is 127 Å². The van der Waals surface area contributed by atoms with E-state index in [4.69, 9.17) is 0 Å². The summed E-state index contributed by atoms with van der Waals surface area (Å²) in [6.07, 6.45) is 13.2. The zero-order valence-electron chi connectivity index (χ0n) is 14.7. The molecule has 1 saturated carbocycles. The van der Waals surface area contributed by atoms with Crippen LogP contribution in [-0.4, -0.2) is 0 Å². The van der Waals surface area contributed by atoms with Crippen molar-refractivity contribution in [2.45, 2.75) is 80.1 Å². The molecule has 0 nitrogen and oxygen atoms in total. The first-order valence-electron chi connectivity index (χ1n) is 8.71. The molecule has 0 aliphatic heterocycles. The van der Waals surface area contributed by atoms with E-state index >= 15 is 0 Å². The van der Waals surface area contributed by atoms with Gasteiger partial charge in [0.25, 0.3) is 0 Å². The van der Waals surface area contributed by atoms with E-state index in [1.165, 1.54) is 49.7 Å². The fraction of sp³-hybridized carbons (Fsp3) is 0.800. The maximum atomic E-state index is 2.49. The molecule has 0 aromatic carbocycles. The molecular formula is C20H36. The molecule has 1 aliphatic carbocycles. The van der Waals surface area contributed by atoms with Crippen LogP contribution in [0.3, 0.4) is 0 Å². The average molecular weight is 277 g/mol. The SMILES string of the molecule is CC(C)=C/C=C(\C)C(C)CCC(C)C1CCC(C)CC1. The summed E-state index contributed by atoms with van der Waals surface area (Å²) in [7, 11) is 0. The summed E-state index contributed by atoms with van der Waals surface area (Å²) >= 11 is 0. The minimum atomic E-state index is 0.732. The topological polar surface area (TPSA) is 0 Å². The zero-order valence-corrected chi connectivity index (χ0v) is 14.7. The molecule has 20 heavy (non-hydrogen) atoms. The van der Waals surface area contributed by atoms with Crippen molar-refractivity contribution >= 4 is 0 Å².